The van der Waals surface area contributed by atoms with Crippen LogP contribution in [0.15, 0.2) is 80.4 Å². The SMILES string of the molecule is O=C(N/N=C/c1ccc(Sc2nc3ccccc3[nH]2)o1)Nc1ccc(Cl)cc1. The first-order valence-electron chi connectivity index (χ1n) is 8.24. The minimum absolute atomic E-state index is 0.470. The van der Waals surface area contributed by atoms with Crippen molar-refractivity contribution in [2.24, 2.45) is 5.10 Å². The second-order valence-electron chi connectivity index (χ2n) is 5.65. The van der Waals surface area contributed by atoms with Gasteiger partial charge in [0, 0.05) is 10.7 Å². The number of nitrogens with one attached hydrogen (secondary N) is 3. The average Bonchev–Trinajstić information content (AvgIpc) is 3.30. The van der Waals surface area contributed by atoms with Gasteiger partial charge in [-0.1, -0.05) is 23.7 Å². The number of anilines is 1. The number of urea groups is 1. The zero-order valence-corrected chi connectivity index (χ0v) is 15.9. The quantitative estimate of drug-likeness (QED) is 0.314. The second-order valence-corrected chi connectivity index (χ2v) is 7.08. The summed E-state index contributed by atoms with van der Waals surface area (Å²) in [6.45, 7) is 0. The molecule has 4 rings (SSSR count). The van der Waals surface area contributed by atoms with Crippen LogP contribution in [0.25, 0.3) is 11.0 Å². The summed E-state index contributed by atoms with van der Waals surface area (Å²) >= 11 is 7.17. The van der Waals surface area contributed by atoms with Crippen molar-refractivity contribution in [3.63, 3.8) is 0 Å². The van der Waals surface area contributed by atoms with Crippen LogP contribution in [0.3, 0.4) is 0 Å². The molecule has 0 unspecified atom stereocenters. The van der Waals surface area contributed by atoms with Gasteiger partial charge in [0.15, 0.2) is 10.2 Å². The third kappa shape index (κ3) is 4.54. The second kappa shape index (κ2) is 8.20. The number of rotatable bonds is 5. The van der Waals surface area contributed by atoms with E-state index in [1.165, 1.54) is 18.0 Å². The number of hydrogen-bond acceptors (Lipinski definition) is 5. The van der Waals surface area contributed by atoms with E-state index in [0.29, 0.717) is 21.6 Å². The summed E-state index contributed by atoms with van der Waals surface area (Å²) in [4.78, 5) is 19.5. The fourth-order valence-electron chi connectivity index (χ4n) is 2.38. The van der Waals surface area contributed by atoms with Crippen LogP contribution < -0.4 is 10.7 Å². The summed E-state index contributed by atoms with van der Waals surface area (Å²) < 4.78 is 5.66. The highest BCUT2D eigenvalue weighted by Crippen LogP contribution is 2.28. The molecule has 28 heavy (non-hydrogen) atoms. The molecule has 7 nitrogen and oxygen atoms in total. The molecule has 0 aliphatic heterocycles. The number of furan rings is 1. The first-order valence-corrected chi connectivity index (χ1v) is 9.43. The Hall–Kier alpha value is -3.23. The molecule has 9 heteroatoms. The number of hydrogen-bond donors (Lipinski definition) is 3. The van der Waals surface area contributed by atoms with Gasteiger partial charge in [0.25, 0.3) is 0 Å². The maximum Gasteiger partial charge on any atom is 0.339 e. The Labute approximate surface area is 169 Å². The standard InChI is InChI=1S/C19H14ClN5O2S/c20-12-5-7-13(8-6-12)22-18(26)25-21-11-14-9-10-17(27-14)28-19-23-15-3-1-2-4-16(15)24-19/h1-11H,(H,23,24)(H2,22,25,26)/b21-11+. The van der Waals surface area contributed by atoms with E-state index in [4.69, 9.17) is 16.0 Å². The Balaban J connectivity index is 1.32. The van der Waals surface area contributed by atoms with Gasteiger partial charge < -0.3 is 14.7 Å². The Morgan fingerprint density at radius 1 is 1.14 bits per heavy atom. The van der Waals surface area contributed by atoms with E-state index in [9.17, 15) is 4.79 Å². The Kier molecular flexibility index (Phi) is 5.31. The minimum Gasteiger partial charge on any atom is -0.448 e. The lowest BCUT2D eigenvalue weighted by Crippen LogP contribution is -2.24. The number of aromatic nitrogens is 2. The summed E-state index contributed by atoms with van der Waals surface area (Å²) in [7, 11) is 0. The number of halogens is 1. The lowest BCUT2D eigenvalue weighted by atomic mass is 10.3. The maximum absolute atomic E-state index is 11.8. The molecule has 4 aromatic rings. The molecule has 0 aliphatic rings. The normalized spacial score (nSPS) is 11.2. The molecular formula is C19H14ClN5O2S. The van der Waals surface area contributed by atoms with Crippen LogP contribution in [0.4, 0.5) is 10.5 Å². The van der Waals surface area contributed by atoms with Crippen molar-refractivity contribution < 1.29 is 9.21 Å². The highest BCUT2D eigenvalue weighted by Gasteiger charge is 2.07. The van der Waals surface area contributed by atoms with Crippen molar-refractivity contribution in [1.82, 2.24) is 15.4 Å². The monoisotopic (exact) mass is 411 g/mol. The third-order valence-electron chi connectivity index (χ3n) is 3.63. The van der Waals surface area contributed by atoms with E-state index >= 15 is 0 Å². The molecule has 2 aromatic heterocycles. The van der Waals surface area contributed by atoms with Crippen LogP contribution >= 0.6 is 23.4 Å². The topological polar surface area (TPSA) is 95.3 Å². The summed E-state index contributed by atoms with van der Waals surface area (Å²) in [5.41, 5.74) is 4.85. The third-order valence-corrected chi connectivity index (χ3v) is 4.69. The number of carbonyl (C=O) groups excluding carboxylic acids is 1. The summed E-state index contributed by atoms with van der Waals surface area (Å²) in [6, 6.07) is 17.7. The van der Waals surface area contributed by atoms with Crippen molar-refractivity contribution in [2.75, 3.05) is 5.32 Å². The van der Waals surface area contributed by atoms with Gasteiger partial charge in [-0.05, 0) is 60.3 Å². The first-order chi connectivity index (χ1) is 13.7. The van der Waals surface area contributed by atoms with Crippen LogP contribution in [0.1, 0.15) is 5.76 Å². The van der Waals surface area contributed by atoms with Crippen LogP contribution in [0.5, 0.6) is 0 Å². The van der Waals surface area contributed by atoms with Gasteiger partial charge in [-0.25, -0.2) is 15.2 Å². The number of nitrogens with zero attached hydrogens (tertiary/aromatic N) is 2. The van der Waals surface area contributed by atoms with Crippen LogP contribution in [-0.4, -0.2) is 22.2 Å². The Morgan fingerprint density at radius 2 is 1.96 bits per heavy atom. The Morgan fingerprint density at radius 3 is 2.79 bits per heavy atom. The molecule has 2 aromatic carbocycles. The van der Waals surface area contributed by atoms with Gasteiger partial charge in [-0.15, -0.1) is 0 Å². The van der Waals surface area contributed by atoms with Gasteiger partial charge in [-0.2, -0.15) is 5.10 Å². The smallest absolute Gasteiger partial charge is 0.339 e. The van der Waals surface area contributed by atoms with Crippen molar-refractivity contribution in [3.8, 4) is 0 Å². The van der Waals surface area contributed by atoms with Crippen molar-refractivity contribution in [2.45, 2.75) is 10.2 Å². The van der Waals surface area contributed by atoms with Crippen molar-refractivity contribution >= 4 is 52.3 Å². The molecule has 140 valence electrons. The van der Waals surface area contributed by atoms with Crippen molar-refractivity contribution in [1.29, 1.82) is 0 Å². The van der Waals surface area contributed by atoms with Gasteiger partial charge >= 0.3 is 6.03 Å². The predicted molar refractivity (Wildman–Crippen MR) is 110 cm³/mol. The zero-order valence-electron chi connectivity index (χ0n) is 14.3. The number of H-pyrrole nitrogens is 1. The number of imidazole rings is 1. The van der Waals surface area contributed by atoms with E-state index < -0.39 is 6.03 Å². The zero-order chi connectivity index (χ0) is 19.3. The number of benzene rings is 2. The number of carbonyl (C=O) groups is 1. The van der Waals surface area contributed by atoms with E-state index in [1.54, 1.807) is 30.3 Å². The highest BCUT2D eigenvalue weighted by molar-refractivity contribution is 7.99. The van der Waals surface area contributed by atoms with Gasteiger partial charge in [0.05, 0.1) is 17.2 Å². The molecule has 0 spiro atoms. The largest absolute Gasteiger partial charge is 0.448 e. The van der Waals surface area contributed by atoms with Crippen LogP contribution in [0.2, 0.25) is 5.02 Å². The van der Waals surface area contributed by atoms with Crippen LogP contribution in [0, 0.1) is 0 Å². The number of hydrazone groups is 1. The number of aromatic amines is 1. The molecule has 0 saturated carbocycles. The van der Waals surface area contributed by atoms with Gasteiger partial charge in [0.2, 0.25) is 0 Å². The average molecular weight is 412 g/mol. The van der Waals surface area contributed by atoms with E-state index in [2.05, 4.69) is 25.8 Å². The summed E-state index contributed by atoms with van der Waals surface area (Å²) in [5, 5.41) is 8.50. The fraction of sp³-hybridized carbons (Fsp3) is 0. The lowest BCUT2D eigenvalue weighted by Gasteiger charge is -2.03. The fourth-order valence-corrected chi connectivity index (χ4v) is 3.27. The number of amides is 2. The molecule has 0 bridgehead atoms. The molecule has 0 aliphatic carbocycles. The maximum atomic E-state index is 11.8. The highest BCUT2D eigenvalue weighted by atomic mass is 35.5. The van der Waals surface area contributed by atoms with Crippen molar-refractivity contribution in [3.05, 3.63) is 71.4 Å². The molecule has 2 amide bonds. The molecule has 0 atom stereocenters. The van der Waals surface area contributed by atoms with Crippen LogP contribution in [-0.2, 0) is 0 Å². The first kappa shape index (κ1) is 18.1. The summed E-state index contributed by atoms with van der Waals surface area (Å²) in [5.74, 6) is 0.505. The number of para-hydroxylation sites is 2. The van der Waals surface area contributed by atoms with E-state index in [1.807, 2.05) is 30.3 Å². The van der Waals surface area contributed by atoms with E-state index in [-0.39, 0.29) is 0 Å². The molecule has 0 saturated heterocycles. The van der Waals surface area contributed by atoms with Gasteiger partial charge in [-0.3, -0.25) is 0 Å². The van der Waals surface area contributed by atoms with Gasteiger partial charge in [0.1, 0.15) is 5.76 Å². The minimum atomic E-state index is -0.470. The summed E-state index contributed by atoms with van der Waals surface area (Å²) in [6.07, 6.45) is 1.42. The molecule has 0 fully saturated rings. The Bertz CT molecular complexity index is 1100. The molecule has 0 radical (unpaired) electrons. The molecule has 3 N–H and O–H groups in total. The number of fused-ring (bicyclic) bond motifs is 1. The molecular weight excluding hydrogens is 398 g/mol. The van der Waals surface area contributed by atoms with E-state index in [0.717, 1.165) is 16.2 Å². The lowest BCUT2D eigenvalue weighted by molar-refractivity contribution is 0.252. The predicted octanol–water partition coefficient (Wildman–Crippen LogP) is 5.12. The molecule has 2 heterocycles.